The van der Waals surface area contributed by atoms with Crippen LogP contribution in [0.4, 0.5) is 51.2 Å². The molecule has 0 fully saturated rings. The summed E-state index contributed by atoms with van der Waals surface area (Å²) in [5, 5.41) is 10.6. The molecule has 0 radical (unpaired) electrons. The summed E-state index contributed by atoms with van der Waals surface area (Å²) in [7, 11) is -12.4. The van der Waals surface area contributed by atoms with Gasteiger partial charge in [0.2, 0.25) is 0 Å². The van der Waals surface area contributed by atoms with Gasteiger partial charge in [-0.25, -0.2) is 8.42 Å². The fourth-order valence-corrected chi connectivity index (χ4v) is 13.0. The van der Waals surface area contributed by atoms with Crippen LogP contribution in [-0.4, -0.2) is 40.6 Å². The van der Waals surface area contributed by atoms with E-state index in [0.717, 1.165) is 84.6 Å². The van der Waals surface area contributed by atoms with Crippen LogP contribution in [0.15, 0.2) is 262 Å². The quantitative estimate of drug-likeness (QED) is 0.0283. The molecule has 5 N–H and O–H groups in total. The van der Waals surface area contributed by atoms with Crippen molar-refractivity contribution in [1.29, 1.82) is 0 Å². The molecule has 0 aliphatic heterocycles. The Balaban J connectivity index is 0.982. The van der Waals surface area contributed by atoms with Crippen molar-refractivity contribution >= 4 is 92.9 Å². The summed E-state index contributed by atoms with van der Waals surface area (Å²) < 4.78 is 106. The highest BCUT2D eigenvalue weighted by molar-refractivity contribution is 7.90. The Hall–Kier alpha value is -8.81. The van der Waals surface area contributed by atoms with Gasteiger partial charge in [0.1, 0.15) is 0 Å². The Kier molecular flexibility index (Phi) is 19.1. The molecule has 0 saturated carbocycles. The molecule has 10 aromatic rings. The van der Waals surface area contributed by atoms with E-state index in [9.17, 15) is 38.6 Å². The molecule has 0 bridgehead atoms. The van der Waals surface area contributed by atoms with E-state index in [-0.39, 0.29) is 38.4 Å². The van der Waals surface area contributed by atoms with Gasteiger partial charge in [0.05, 0.1) is 14.7 Å². The van der Waals surface area contributed by atoms with Crippen LogP contribution in [0.25, 0.3) is 0 Å². The molecule has 17 heteroatoms. The summed E-state index contributed by atoms with van der Waals surface area (Å²) >= 11 is 0.410. The maximum atomic E-state index is 12.5. The van der Waals surface area contributed by atoms with Crippen LogP contribution >= 0.6 is 0 Å². The average Bonchev–Trinajstić information content (AvgIpc) is 2.24. The molecule has 0 spiro atoms. The largest absolute Gasteiger partial charge is 0.505 e. The highest BCUT2D eigenvalue weighted by atomic mass is 32.2. The molecule has 0 aliphatic carbocycles. The molecule has 0 heterocycles. The Labute approximate surface area is 520 Å². The lowest BCUT2D eigenvalue weighted by Gasteiger charge is -2.31. The zero-order valence-electron chi connectivity index (χ0n) is 48.9. The molecule has 4 unspecified atom stereocenters. The Morgan fingerprint density at radius 1 is 0.398 bits per heavy atom. The fourth-order valence-electron chi connectivity index (χ4n) is 11.2. The Morgan fingerprint density at radius 3 is 1.18 bits per heavy atom. The van der Waals surface area contributed by atoms with Gasteiger partial charge >= 0.3 is 11.7 Å². The van der Waals surface area contributed by atoms with Crippen LogP contribution < -0.4 is 20.9 Å². The van der Waals surface area contributed by atoms with Gasteiger partial charge in [-0.05, 0) is 218 Å². The van der Waals surface area contributed by atoms with E-state index in [1.165, 1.54) is 36.1 Å². The van der Waals surface area contributed by atoms with Crippen molar-refractivity contribution in [3.8, 4) is 0 Å². The molecular weight excluding hydrogens is 1180 g/mol. The van der Waals surface area contributed by atoms with Crippen LogP contribution in [0.5, 0.6) is 0 Å². The second kappa shape index (κ2) is 27.1. The van der Waals surface area contributed by atoms with Gasteiger partial charge in [-0.2, -0.15) is 16.8 Å². The number of rotatable bonds is 24. The summed E-state index contributed by atoms with van der Waals surface area (Å²) in [6.45, 7) is 6.17. The number of nitrogens with one attached hydrogen (secondary N) is 3. The fraction of sp³-hybridized carbons (Fsp3) is 0.155. The molecule has 0 amide bonds. The molecular formula is C71H67N4O9S4+. The standard InChI is InChI=1S/C71H66N4O9S4/c1-48-8-22-58(23-9-48)72-60-26-28-61(29-27-60)74-63-7-5-6-62(47-63)73-59-24-12-52(13-25-59)56(44-50(3)51-18-38-69(39-19-51)87(79,80)81)45-57(53-16-36-67(85-76)37-17-53)46-71(55-20-40-70(41-21-55)88(82,83)84)54-14-32-65(33-15-54)75(64-30-10-49(2)11-31-64)66-34-42-68(43-35-66)86(4,77)78/h5-43,47,50,56-57,71-74H,44-46H2,1-4H3,(H-,79,80,81,82,83,84)/p+1. The van der Waals surface area contributed by atoms with E-state index in [4.69, 9.17) is 0 Å². The van der Waals surface area contributed by atoms with Gasteiger partial charge in [-0.1, -0.05) is 109 Å². The van der Waals surface area contributed by atoms with Crippen molar-refractivity contribution < 1.29 is 38.6 Å². The normalized spacial score (nSPS) is 13.2. The second-order valence-electron chi connectivity index (χ2n) is 22.3. The Morgan fingerprint density at radius 2 is 0.739 bits per heavy atom. The highest BCUT2D eigenvalue weighted by Crippen LogP contribution is 2.45. The van der Waals surface area contributed by atoms with Gasteiger partial charge in [-0.15, -0.1) is 0 Å². The predicted octanol–water partition coefficient (Wildman–Crippen LogP) is 17.4. The molecule has 0 saturated heterocycles. The van der Waals surface area contributed by atoms with Gasteiger partial charge < -0.3 is 20.9 Å². The smallest absolute Gasteiger partial charge is 0.356 e. The highest BCUT2D eigenvalue weighted by Gasteiger charge is 2.29. The number of hydrogen-bond acceptors (Lipinski definition) is 11. The third kappa shape index (κ3) is 16.0. The minimum Gasteiger partial charge on any atom is -0.356 e. The minimum atomic E-state index is -4.52. The molecule has 13 nitrogen and oxygen atoms in total. The van der Waals surface area contributed by atoms with E-state index in [1.54, 1.807) is 48.5 Å². The molecule has 10 rings (SSSR count). The van der Waals surface area contributed by atoms with Crippen LogP contribution in [0, 0.1) is 13.8 Å². The number of sulfone groups is 1. The monoisotopic (exact) mass is 1250 g/mol. The number of hydrogen-bond donors (Lipinski definition) is 5. The first kappa shape index (κ1) is 62.2. The number of aryl methyl sites for hydroxylation is 2. The molecule has 0 aromatic heterocycles. The first-order chi connectivity index (χ1) is 42.1. The molecule has 10 aromatic carbocycles. The van der Waals surface area contributed by atoms with Crippen LogP contribution in [0.3, 0.4) is 0 Å². The summed E-state index contributed by atoms with van der Waals surface area (Å²) in [5.41, 5.74) is 14.9. The summed E-state index contributed by atoms with van der Waals surface area (Å²) in [5.74, 6) is -0.753. The molecule has 448 valence electrons. The third-order valence-corrected chi connectivity index (χ3v) is 19.2. The zero-order chi connectivity index (χ0) is 62.2. The average molecular weight is 1250 g/mol. The van der Waals surface area contributed by atoms with Crippen LogP contribution in [0.2, 0.25) is 0 Å². The maximum absolute atomic E-state index is 12.5. The van der Waals surface area contributed by atoms with E-state index in [1.807, 2.05) is 133 Å². The predicted molar refractivity (Wildman–Crippen MR) is 354 cm³/mol. The zero-order valence-corrected chi connectivity index (χ0v) is 52.1. The van der Waals surface area contributed by atoms with Crippen molar-refractivity contribution in [3.63, 3.8) is 0 Å². The molecule has 88 heavy (non-hydrogen) atoms. The van der Waals surface area contributed by atoms with Gasteiger partial charge in [-0.3, -0.25) is 9.11 Å². The minimum absolute atomic E-state index is 0.0931. The van der Waals surface area contributed by atoms with Crippen molar-refractivity contribution in [3.05, 3.63) is 282 Å². The first-order valence-corrected chi connectivity index (χ1v) is 34.1. The second-order valence-corrected chi connectivity index (χ2v) is 27.8. The summed E-state index contributed by atoms with van der Waals surface area (Å²) in [6.07, 6.45) is 2.91. The number of anilines is 9. The lowest BCUT2D eigenvalue weighted by molar-refractivity contribution is 0.446. The summed E-state index contributed by atoms with van der Waals surface area (Å²) in [6, 6.07) is 76.0. The van der Waals surface area contributed by atoms with Crippen LogP contribution in [-0.2, 0) is 45.9 Å². The SMILES string of the molecule is Cc1ccc(Nc2ccc(Nc3cccc(Nc4ccc(C(CC(C)c5ccc(S(=O)(=O)O)cc5)CC(CC(c5ccc(N(c6ccc(C)cc6)c6ccc(S(C)(=O)=O)cc6)cc5)c5ccc(S(=O)(=O)O)cc5)c5ccc([S+]=O)cc5)cc4)c3)cc2)cc1. The maximum Gasteiger partial charge on any atom is 0.505 e. The van der Waals surface area contributed by atoms with E-state index < -0.39 is 30.1 Å². The lowest BCUT2D eigenvalue weighted by Crippen LogP contribution is -2.15. The van der Waals surface area contributed by atoms with Crippen molar-refractivity contribution in [2.75, 3.05) is 27.1 Å². The first-order valence-electron chi connectivity index (χ1n) is 28.6. The third-order valence-electron chi connectivity index (χ3n) is 15.9. The topological polar surface area (TPSA) is 199 Å². The van der Waals surface area contributed by atoms with Crippen molar-refractivity contribution in [2.24, 2.45) is 0 Å². The van der Waals surface area contributed by atoms with Gasteiger partial charge in [0.25, 0.3) is 25.1 Å². The molecule has 0 aliphatic rings. The van der Waals surface area contributed by atoms with Gasteiger partial charge in [0, 0.05) is 79.7 Å². The lowest BCUT2D eigenvalue weighted by atomic mass is 9.74. The molecule has 4 atom stereocenters. The van der Waals surface area contributed by atoms with Crippen molar-refractivity contribution in [1.82, 2.24) is 0 Å². The number of nitrogens with zero attached hydrogens (tertiary/aromatic N) is 1. The van der Waals surface area contributed by atoms with E-state index in [0.29, 0.717) is 35.8 Å². The van der Waals surface area contributed by atoms with E-state index in [2.05, 4.69) is 78.3 Å². The summed E-state index contributed by atoms with van der Waals surface area (Å²) in [4.78, 5) is 2.37. The van der Waals surface area contributed by atoms with Crippen LogP contribution in [0.1, 0.15) is 88.8 Å². The van der Waals surface area contributed by atoms with Gasteiger partial charge in [0.15, 0.2) is 9.84 Å². The van der Waals surface area contributed by atoms with Crippen molar-refractivity contribution in [2.45, 2.75) is 83.3 Å². The number of benzene rings is 10. The van der Waals surface area contributed by atoms with E-state index >= 15 is 0 Å². The Bertz CT molecular complexity index is 4370.